The molecule has 3 rings (SSSR count). The molecule has 0 fully saturated rings. The summed E-state index contributed by atoms with van der Waals surface area (Å²) in [7, 11) is 0. The largest absolute Gasteiger partial charge is 0.332 e. The average molecular weight is 473 g/mol. The molecule has 1 aromatic heterocycles. The van der Waals surface area contributed by atoms with Crippen LogP contribution >= 0.6 is 22.9 Å². The van der Waals surface area contributed by atoms with Gasteiger partial charge in [0.15, 0.2) is 0 Å². The first-order valence-corrected chi connectivity index (χ1v) is 11.7. The minimum Gasteiger partial charge on any atom is -0.332 e. The summed E-state index contributed by atoms with van der Waals surface area (Å²) in [6.07, 6.45) is 0.711. The van der Waals surface area contributed by atoms with E-state index in [0.717, 1.165) is 10.4 Å². The molecule has 3 aromatic rings. The third kappa shape index (κ3) is 6.40. The third-order valence-corrected chi connectivity index (χ3v) is 6.42. The molecule has 0 saturated carbocycles. The van der Waals surface area contributed by atoms with Crippen LogP contribution in [-0.2, 0) is 17.9 Å². The van der Waals surface area contributed by atoms with Crippen molar-refractivity contribution < 1.29 is 14.0 Å². The molecule has 1 atom stereocenters. The minimum absolute atomic E-state index is 0.0487. The zero-order valence-electron chi connectivity index (χ0n) is 18.1. The van der Waals surface area contributed by atoms with Gasteiger partial charge in [-0.1, -0.05) is 42.8 Å². The summed E-state index contributed by atoms with van der Waals surface area (Å²) >= 11 is 7.64. The molecule has 0 N–H and O–H groups in total. The van der Waals surface area contributed by atoms with Crippen LogP contribution in [0.2, 0.25) is 5.02 Å². The van der Waals surface area contributed by atoms with Crippen LogP contribution in [0, 0.1) is 5.82 Å². The summed E-state index contributed by atoms with van der Waals surface area (Å²) in [6, 6.07) is 16.7. The number of nitrogens with zero attached hydrogens (tertiary/aromatic N) is 2. The summed E-state index contributed by atoms with van der Waals surface area (Å²) in [4.78, 5) is 31.0. The molecule has 0 aliphatic carbocycles. The fourth-order valence-electron chi connectivity index (χ4n) is 3.31. The molecule has 0 saturated heterocycles. The first-order chi connectivity index (χ1) is 15.4. The van der Waals surface area contributed by atoms with Gasteiger partial charge in [0.2, 0.25) is 5.91 Å². The lowest BCUT2D eigenvalue weighted by Gasteiger charge is -2.31. The van der Waals surface area contributed by atoms with Crippen LogP contribution in [0.15, 0.2) is 66.0 Å². The fraction of sp³-hybridized carbons (Fsp3) is 0.280. The van der Waals surface area contributed by atoms with Crippen molar-refractivity contribution in [2.45, 2.75) is 39.4 Å². The summed E-state index contributed by atoms with van der Waals surface area (Å²) in [6.45, 7) is 4.62. The van der Waals surface area contributed by atoms with Crippen molar-refractivity contribution in [3.05, 3.63) is 92.9 Å². The highest BCUT2D eigenvalue weighted by Gasteiger charge is 2.26. The number of rotatable bonds is 9. The highest BCUT2D eigenvalue weighted by molar-refractivity contribution is 7.09. The second-order valence-electron chi connectivity index (χ2n) is 7.66. The number of carbonyl (C=O) groups is 2. The zero-order valence-corrected chi connectivity index (χ0v) is 19.7. The molecule has 1 heterocycles. The highest BCUT2D eigenvalue weighted by atomic mass is 35.5. The topological polar surface area (TPSA) is 40.6 Å². The maximum atomic E-state index is 13.4. The molecular formula is C25H26ClFN2O2S. The molecule has 2 amide bonds. The van der Waals surface area contributed by atoms with E-state index in [2.05, 4.69) is 0 Å². The molecule has 168 valence electrons. The van der Waals surface area contributed by atoms with Crippen molar-refractivity contribution in [2.75, 3.05) is 6.54 Å². The van der Waals surface area contributed by atoms with E-state index in [4.69, 9.17) is 11.6 Å². The van der Waals surface area contributed by atoms with Gasteiger partial charge in [0.25, 0.3) is 5.91 Å². The fourth-order valence-corrected chi connectivity index (χ4v) is 4.22. The molecule has 0 spiro atoms. The van der Waals surface area contributed by atoms with Gasteiger partial charge in [0.05, 0.1) is 6.54 Å². The predicted octanol–water partition coefficient (Wildman–Crippen LogP) is 6.01. The number of halogens is 2. The summed E-state index contributed by atoms with van der Waals surface area (Å²) in [5.74, 6) is -0.716. The normalized spacial score (nSPS) is 11.8. The lowest BCUT2D eigenvalue weighted by atomic mass is 10.1. The standard InChI is InChI=1S/C25H26ClFN2O2S/c1-3-18(2)29(25(31)20-6-4-7-21(26)14-20)17-24(30)28(16-23-8-5-13-32-23)15-19-9-11-22(27)12-10-19/h4-14,18H,3,15-17H2,1-2H3. The first-order valence-electron chi connectivity index (χ1n) is 10.5. The van der Waals surface area contributed by atoms with Crippen molar-refractivity contribution in [3.63, 3.8) is 0 Å². The molecule has 32 heavy (non-hydrogen) atoms. The highest BCUT2D eigenvalue weighted by Crippen LogP contribution is 2.19. The van der Waals surface area contributed by atoms with Crippen molar-refractivity contribution in [2.24, 2.45) is 0 Å². The van der Waals surface area contributed by atoms with E-state index < -0.39 is 0 Å². The molecule has 0 bridgehead atoms. The van der Waals surface area contributed by atoms with Gasteiger partial charge in [-0.3, -0.25) is 9.59 Å². The Bertz CT molecular complexity index is 1040. The molecule has 0 radical (unpaired) electrons. The van der Waals surface area contributed by atoms with Gasteiger partial charge in [-0.15, -0.1) is 11.3 Å². The van der Waals surface area contributed by atoms with Gasteiger partial charge in [0.1, 0.15) is 12.4 Å². The van der Waals surface area contributed by atoms with E-state index in [1.54, 1.807) is 57.5 Å². The molecule has 7 heteroatoms. The minimum atomic E-state index is -0.319. The van der Waals surface area contributed by atoms with Crippen LogP contribution in [0.3, 0.4) is 0 Å². The summed E-state index contributed by atoms with van der Waals surface area (Å²) < 4.78 is 13.3. The lowest BCUT2D eigenvalue weighted by molar-refractivity contribution is -0.133. The monoisotopic (exact) mass is 472 g/mol. The van der Waals surface area contributed by atoms with E-state index in [9.17, 15) is 14.0 Å². The molecule has 1 unspecified atom stereocenters. The van der Waals surface area contributed by atoms with E-state index in [-0.39, 0.29) is 30.2 Å². The van der Waals surface area contributed by atoms with Crippen LogP contribution in [0.1, 0.15) is 41.1 Å². The zero-order chi connectivity index (χ0) is 23.1. The number of hydrogen-bond acceptors (Lipinski definition) is 3. The summed E-state index contributed by atoms with van der Waals surface area (Å²) in [5, 5.41) is 2.44. The molecular weight excluding hydrogens is 447 g/mol. The van der Waals surface area contributed by atoms with E-state index in [0.29, 0.717) is 30.1 Å². The van der Waals surface area contributed by atoms with Crippen molar-refractivity contribution in [3.8, 4) is 0 Å². The Morgan fingerprint density at radius 2 is 1.81 bits per heavy atom. The van der Waals surface area contributed by atoms with Crippen LogP contribution < -0.4 is 0 Å². The molecule has 0 aliphatic rings. The molecule has 2 aromatic carbocycles. The first kappa shape index (κ1) is 24.0. The van der Waals surface area contributed by atoms with Crippen LogP contribution in [0.5, 0.6) is 0 Å². The number of amides is 2. The Balaban J connectivity index is 1.83. The van der Waals surface area contributed by atoms with Gasteiger partial charge in [-0.25, -0.2) is 4.39 Å². The Morgan fingerprint density at radius 1 is 1.06 bits per heavy atom. The maximum Gasteiger partial charge on any atom is 0.254 e. The van der Waals surface area contributed by atoms with Crippen LogP contribution in [0.4, 0.5) is 4.39 Å². The SMILES string of the molecule is CCC(C)N(CC(=O)N(Cc1ccc(F)cc1)Cc1cccs1)C(=O)c1cccc(Cl)c1. The number of thiophene rings is 1. The summed E-state index contributed by atoms with van der Waals surface area (Å²) in [5.41, 5.74) is 1.28. The van der Waals surface area contributed by atoms with Crippen molar-refractivity contribution in [1.29, 1.82) is 0 Å². The Hall–Kier alpha value is -2.70. The van der Waals surface area contributed by atoms with Gasteiger partial charge in [0, 0.05) is 28.0 Å². The van der Waals surface area contributed by atoms with Crippen molar-refractivity contribution >= 4 is 34.8 Å². The van der Waals surface area contributed by atoms with E-state index in [1.165, 1.54) is 12.1 Å². The number of carbonyl (C=O) groups excluding carboxylic acids is 2. The second kappa shape index (κ2) is 11.2. The third-order valence-electron chi connectivity index (χ3n) is 5.33. The smallest absolute Gasteiger partial charge is 0.254 e. The number of benzene rings is 2. The number of hydrogen-bond donors (Lipinski definition) is 0. The van der Waals surface area contributed by atoms with Gasteiger partial charge >= 0.3 is 0 Å². The van der Waals surface area contributed by atoms with E-state index in [1.807, 2.05) is 31.4 Å². The average Bonchev–Trinajstić information content (AvgIpc) is 3.30. The van der Waals surface area contributed by atoms with Crippen molar-refractivity contribution in [1.82, 2.24) is 9.80 Å². The van der Waals surface area contributed by atoms with Gasteiger partial charge < -0.3 is 9.80 Å². The predicted molar refractivity (Wildman–Crippen MR) is 127 cm³/mol. The molecule has 0 aliphatic heterocycles. The van der Waals surface area contributed by atoms with E-state index >= 15 is 0 Å². The van der Waals surface area contributed by atoms with Crippen LogP contribution in [0.25, 0.3) is 0 Å². The van der Waals surface area contributed by atoms with Gasteiger partial charge in [-0.05, 0) is 60.7 Å². The quantitative estimate of drug-likeness (QED) is 0.382. The molecule has 4 nitrogen and oxygen atoms in total. The van der Waals surface area contributed by atoms with Crippen LogP contribution in [-0.4, -0.2) is 34.2 Å². The second-order valence-corrected chi connectivity index (χ2v) is 9.12. The Morgan fingerprint density at radius 3 is 2.44 bits per heavy atom. The Labute approximate surface area is 197 Å². The lowest BCUT2D eigenvalue weighted by Crippen LogP contribution is -2.46. The van der Waals surface area contributed by atoms with Gasteiger partial charge in [-0.2, -0.15) is 0 Å². The maximum absolute atomic E-state index is 13.4. The Kier molecular flexibility index (Phi) is 8.42.